The zero-order valence-electron chi connectivity index (χ0n) is 17.4. The molecule has 1 aliphatic rings. The van der Waals surface area contributed by atoms with Gasteiger partial charge in [-0.3, -0.25) is 28.1 Å². The van der Waals surface area contributed by atoms with Crippen LogP contribution in [-0.2, 0) is 39.3 Å². The van der Waals surface area contributed by atoms with Crippen LogP contribution in [0.1, 0.15) is 25.7 Å². The molecule has 0 heterocycles. The fourth-order valence-corrected chi connectivity index (χ4v) is 6.19. The monoisotopic (exact) mass is 743 g/mol. The van der Waals surface area contributed by atoms with Gasteiger partial charge in [0.05, 0.1) is 0 Å². The van der Waals surface area contributed by atoms with E-state index < -0.39 is 68.6 Å². The number of rotatable bonds is 11. The van der Waals surface area contributed by atoms with Crippen LogP contribution >= 0.6 is 30.4 Å². The molecule has 33 heavy (non-hydrogen) atoms. The van der Waals surface area contributed by atoms with Gasteiger partial charge in [0.25, 0.3) is 0 Å². The molecule has 1 rings (SSSR count). The van der Waals surface area contributed by atoms with Crippen molar-refractivity contribution in [2.45, 2.75) is 37.8 Å². The molecule has 16 nitrogen and oxygen atoms in total. The fourth-order valence-electron chi connectivity index (χ4n) is 2.83. The Morgan fingerprint density at radius 1 is 0.576 bits per heavy atom. The summed E-state index contributed by atoms with van der Waals surface area (Å²) in [7, 11) is -18.8. The van der Waals surface area contributed by atoms with Crippen molar-refractivity contribution in [2.24, 2.45) is 0 Å². The van der Waals surface area contributed by atoms with Crippen molar-refractivity contribution in [3.63, 3.8) is 0 Å². The van der Waals surface area contributed by atoms with E-state index in [1.165, 1.54) is 12.8 Å². The molecule has 0 aromatic carbocycles. The van der Waals surface area contributed by atoms with Crippen molar-refractivity contribution in [1.82, 2.24) is 9.80 Å². The fraction of sp³-hybridized carbons (Fsp3) is 1.00. The zero-order chi connectivity index (χ0) is 25.4. The molecule has 0 amide bonds. The van der Waals surface area contributed by atoms with Crippen LogP contribution in [0.2, 0.25) is 0 Å². The van der Waals surface area contributed by atoms with Gasteiger partial charge < -0.3 is 50.6 Å². The van der Waals surface area contributed by atoms with Crippen LogP contribution in [0.3, 0.4) is 0 Å². The van der Waals surface area contributed by atoms with Crippen LogP contribution in [0.25, 0.3) is 11.5 Å². The molecule has 0 unspecified atom stereocenters. The van der Waals surface area contributed by atoms with E-state index in [9.17, 15) is 18.3 Å². The minimum Gasteiger partial charge on any atom is -0.676 e. The molecule has 1 fully saturated rings. The first-order chi connectivity index (χ1) is 14.2. The van der Waals surface area contributed by atoms with E-state index in [0.717, 1.165) is 12.8 Å². The largest absolute Gasteiger partial charge is 2.00 e. The van der Waals surface area contributed by atoms with Crippen LogP contribution in [0.4, 0.5) is 0 Å². The minimum absolute atomic E-state index is 0. The Labute approximate surface area is 206 Å². The summed E-state index contributed by atoms with van der Waals surface area (Å²) >= 11 is 0. The predicted molar refractivity (Wildman–Crippen MR) is 116 cm³/mol. The SMILES string of the molecule is O=P(O)(O)CN(CCN(CP(=O)(O)O)CP(=O)(O)O)CP(=O)(O)O.[NH-][C@@H]1CCCC[C@@H]1[NH-].[Pt+2]. The molecule has 0 radical (unpaired) electrons. The van der Waals surface area contributed by atoms with Gasteiger partial charge in [0.15, 0.2) is 0 Å². The van der Waals surface area contributed by atoms with Gasteiger partial charge in [-0.15, -0.1) is 0 Å². The van der Waals surface area contributed by atoms with Gasteiger partial charge in [-0.2, -0.15) is 12.1 Å². The third kappa shape index (κ3) is 23.3. The van der Waals surface area contributed by atoms with Crippen LogP contribution in [0.5, 0.6) is 0 Å². The maximum Gasteiger partial charge on any atom is 2.00 e. The summed E-state index contributed by atoms with van der Waals surface area (Å²) in [5.41, 5.74) is 14.6. The Morgan fingerprint density at radius 2 is 0.788 bits per heavy atom. The van der Waals surface area contributed by atoms with Gasteiger partial charge in [0.2, 0.25) is 0 Å². The first-order valence-electron chi connectivity index (χ1n) is 9.22. The summed E-state index contributed by atoms with van der Waals surface area (Å²) in [4.78, 5) is 72.3. The number of hydrogen-bond donors (Lipinski definition) is 8. The van der Waals surface area contributed by atoms with E-state index >= 15 is 0 Å². The second-order valence-electron chi connectivity index (χ2n) is 7.51. The number of nitrogens with one attached hydrogen (secondary N) is 2. The maximum absolute atomic E-state index is 11.0. The quantitative estimate of drug-likeness (QED) is 0.134. The van der Waals surface area contributed by atoms with Gasteiger partial charge in [-0.25, -0.2) is 0 Å². The van der Waals surface area contributed by atoms with Gasteiger partial charge in [0, 0.05) is 13.1 Å². The van der Waals surface area contributed by atoms with Gasteiger partial charge in [-0.1, -0.05) is 25.7 Å². The van der Waals surface area contributed by atoms with Gasteiger partial charge in [-0.05, 0) is 0 Å². The first kappa shape index (κ1) is 36.3. The average molecular weight is 743 g/mol. The summed E-state index contributed by atoms with van der Waals surface area (Å²) in [6.45, 7) is -1.01. The van der Waals surface area contributed by atoms with Crippen molar-refractivity contribution in [3.8, 4) is 0 Å². The standard InChI is InChI=1S/C6H20N2O12P4.C6H12N2.Pt/c9-21(10,11)3-7(4-22(12,13)14)1-2-8(5-23(15,16)17)6-24(18,19)20;7-5-3-1-2-4-6(5)8;/h1-6H2,(H2,9,10,11)(H2,12,13,14)(H2,15,16,17)(H2,18,19,20);5-8H,1-4H2;/q;-2;+2/t;5-,6+;. The number of hydrogen-bond acceptors (Lipinski definition) is 6. The summed E-state index contributed by atoms with van der Waals surface area (Å²) < 4.78 is 43.9. The van der Waals surface area contributed by atoms with Crippen molar-refractivity contribution in [3.05, 3.63) is 11.5 Å². The molecule has 21 heteroatoms. The topological polar surface area (TPSA) is 284 Å². The van der Waals surface area contributed by atoms with E-state index in [1.807, 2.05) is 0 Å². The Morgan fingerprint density at radius 3 is 0.939 bits per heavy atom. The summed E-state index contributed by atoms with van der Waals surface area (Å²) in [6.07, 6.45) is 0.0700. The van der Waals surface area contributed by atoms with Gasteiger partial charge >= 0.3 is 51.4 Å². The van der Waals surface area contributed by atoms with E-state index in [0.29, 0.717) is 9.80 Å². The molecule has 0 aromatic rings. The predicted octanol–water partition coefficient (Wildman–Crippen LogP) is 0.531. The molecule has 2 atom stereocenters. The van der Waals surface area contributed by atoms with Crippen molar-refractivity contribution in [2.75, 3.05) is 38.2 Å². The second-order valence-corrected chi connectivity index (χ2v) is 14.0. The van der Waals surface area contributed by atoms with E-state index in [1.54, 1.807) is 0 Å². The molecule has 202 valence electrons. The smallest absolute Gasteiger partial charge is 0.676 e. The van der Waals surface area contributed by atoms with Crippen LogP contribution < -0.4 is 0 Å². The molecule has 0 aromatic heterocycles. The normalized spacial score (nSPS) is 20.2. The third-order valence-corrected chi connectivity index (χ3v) is 7.11. The van der Waals surface area contributed by atoms with E-state index in [2.05, 4.69) is 0 Å². The average Bonchev–Trinajstić information content (AvgIpc) is 2.50. The second kappa shape index (κ2) is 15.4. The first-order valence-corrected chi connectivity index (χ1v) is 16.4. The van der Waals surface area contributed by atoms with E-state index in [-0.39, 0.29) is 33.1 Å². The maximum atomic E-state index is 11.0. The van der Waals surface area contributed by atoms with Crippen LogP contribution in [0.15, 0.2) is 0 Å². The van der Waals surface area contributed by atoms with Crippen LogP contribution in [0, 0.1) is 0 Å². The molecule has 0 aliphatic heterocycles. The van der Waals surface area contributed by atoms with Crippen molar-refractivity contribution >= 4 is 30.4 Å². The Hall–Kier alpha value is 1.13. The molecular weight excluding hydrogens is 711 g/mol. The summed E-state index contributed by atoms with van der Waals surface area (Å²) in [6, 6.07) is -0.160. The van der Waals surface area contributed by atoms with Gasteiger partial charge in [0.1, 0.15) is 25.1 Å². The molecule has 10 N–H and O–H groups in total. The molecule has 0 saturated heterocycles. The Kier molecular flexibility index (Phi) is 16.9. The molecule has 0 spiro atoms. The summed E-state index contributed by atoms with van der Waals surface area (Å²) in [5.74, 6) is 0. The van der Waals surface area contributed by atoms with E-state index in [4.69, 9.17) is 50.6 Å². The van der Waals surface area contributed by atoms with Crippen molar-refractivity contribution in [1.29, 1.82) is 0 Å². The third-order valence-electron chi connectivity index (χ3n) is 4.04. The molecule has 0 bridgehead atoms. The summed E-state index contributed by atoms with van der Waals surface area (Å²) in [5, 5.41) is 0. The Bertz CT molecular complexity index is 645. The molecule has 1 aliphatic carbocycles. The van der Waals surface area contributed by atoms with Crippen LogP contribution in [-0.4, -0.2) is 99.3 Å². The molecule has 1 saturated carbocycles. The van der Waals surface area contributed by atoms with Crippen molar-refractivity contribution < 1.29 is 78.5 Å². The number of nitrogens with zero attached hydrogens (tertiary/aromatic N) is 2. The minimum atomic E-state index is -4.69. The zero-order valence-corrected chi connectivity index (χ0v) is 23.3. The molecular formula is C12H32N4O12P4Pt. The Balaban J connectivity index is 0.